The first kappa shape index (κ1) is 14.9. The Balaban J connectivity index is 1.48. The van der Waals surface area contributed by atoms with Crippen LogP contribution in [0.1, 0.15) is 30.4 Å². The molecule has 0 radical (unpaired) electrons. The van der Waals surface area contributed by atoms with Crippen LogP contribution in [0.5, 0.6) is 0 Å². The summed E-state index contributed by atoms with van der Waals surface area (Å²) in [5, 5.41) is 11.0. The molecule has 4 nitrogen and oxygen atoms in total. The topological polar surface area (TPSA) is 44.0 Å². The van der Waals surface area contributed by atoms with Gasteiger partial charge in [-0.15, -0.1) is 0 Å². The lowest BCUT2D eigenvalue weighted by atomic mass is 9.78. The maximum absolute atomic E-state index is 4.31. The van der Waals surface area contributed by atoms with Crippen molar-refractivity contribution in [1.29, 1.82) is 0 Å². The van der Waals surface area contributed by atoms with Gasteiger partial charge in [0.2, 0.25) is 0 Å². The van der Waals surface area contributed by atoms with Crippen LogP contribution in [-0.4, -0.2) is 41.3 Å². The van der Waals surface area contributed by atoms with Gasteiger partial charge in [0.15, 0.2) is 0 Å². The van der Waals surface area contributed by atoms with Gasteiger partial charge < -0.3 is 5.32 Å². The minimum Gasteiger partial charge on any atom is -0.317 e. The van der Waals surface area contributed by atoms with E-state index >= 15 is 0 Å². The summed E-state index contributed by atoms with van der Waals surface area (Å²) in [4.78, 5) is 2.62. The number of benzene rings is 1. The molecule has 0 unspecified atom stereocenters. The van der Waals surface area contributed by atoms with Crippen LogP contribution in [0.2, 0.25) is 0 Å². The Hall–Kier alpha value is -1.65. The van der Waals surface area contributed by atoms with Crippen molar-refractivity contribution in [3.05, 3.63) is 41.6 Å². The predicted octanol–water partition coefficient (Wildman–Crippen LogP) is 2.96. The monoisotopic (exact) mass is 310 g/mol. The molecular formula is C19H26N4. The highest BCUT2D eigenvalue weighted by atomic mass is 15.2. The molecule has 122 valence electrons. The first-order chi connectivity index (χ1) is 11.2. The van der Waals surface area contributed by atoms with Crippen molar-refractivity contribution >= 4 is 0 Å². The molecule has 1 aromatic heterocycles. The predicted molar refractivity (Wildman–Crippen MR) is 93.2 cm³/mol. The standard InChI is InChI=1S/C19H26N4/c1-15-2-4-16(5-3-15)18-17(12-21-22-18)13-23-11-8-19(14-23)6-9-20-10-7-19/h2-5,12,20H,6-11,13-14H2,1H3,(H,21,22). The number of rotatable bonds is 3. The third-order valence-corrected chi connectivity index (χ3v) is 5.63. The first-order valence-electron chi connectivity index (χ1n) is 8.77. The number of piperidine rings is 1. The Morgan fingerprint density at radius 1 is 1.13 bits per heavy atom. The minimum absolute atomic E-state index is 0.568. The van der Waals surface area contributed by atoms with E-state index in [1.54, 1.807) is 0 Å². The fourth-order valence-electron chi connectivity index (χ4n) is 4.17. The number of hydrogen-bond acceptors (Lipinski definition) is 3. The summed E-state index contributed by atoms with van der Waals surface area (Å²) in [6.07, 6.45) is 6.02. The van der Waals surface area contributed by atoms with Gasteiger partial charge in [-0.05, 0) is 56.8 Å². The molecule has 2 saturated heterocycles. The van der Waals surface area contributed by atoms with Crippen molar-refractivity contribution in [1.82, 2.24) is 20.4 Å². The molecule has 4 rings (SSSR count). The highest BCUT2D eigenvalue weighted by Gasteiger charge is 2.38. The number of nitrogens with zero attached hydrogens (tertiary/aromatic N) is 2. The van der Waals surface area contributed by atoms with Gasteiger partial charge in [-0.2, -0.15) is 5.10 Å². The highest BCUT2D eigenvalue weighted by molar-refractivity contribution is 5.62. The zero-order valence-corrected chi connectivity index (χ0v) is 13.9. The van der Waals surface area contributed by atoms with E-state index in [1.807, 2.05) is 6.20 Å². The first-order valence-corrected chi connectivity index (χ1v) is 8.77. The molecule has 3 heterocycles. The molecule has 2 aliphatic rings. The van der Waals surface area contributed by atoms with E-state index in [-0.39, 0.29) is 0 Å². The van der Waals surface area contributed by atoms with Crippen LogP contribution in [0.25, 0.3) is 11.3 Å². The average Bonchev–Trinajstić information content (AvgIpc) is 3.17. The second-order valence-corrected chi connectivity index (χ2v) is 7.35. The Labute approximate surface area is 138 Å². The fraction of sp³-hybridized carbons (Fsp3) is 0.526. The van der Waals surface area contributed by atoms with Gasteiger partial charge in [0.05, 0.1) is 11.9 Å². The summed E-state index contributed by atoms with van der Waals surface area (Å²) in [7, 11) is 0. The van der Waals surface area contributed by atoms with Gasteiger partial charge in [-0.1, -0.05) is 29.8 Å². The normalized spacial score (nSPS) is 21.1. The van der Waals surface area contributed by atoms with Gasteiger partial charge in [0, 0.05) is 18.7 Å². The summed E-state index contributed by atoms with van der Waals surface area (Å²) in [5.74, 6) is 0. The molecule has 2 aliphatic heterocycles. The molecule has 2 aromatic rings. The van der Waals surface area contributed by atoms with E-state index in [0.717, 1.165) is 6.54 Å². The number of aromatic nitrogens is 2. The van der Waals surface area contributed by atoms with Crippen molar-refractivity contribution < 1.29 is 0 Å². The lowest BCUT2D eigenvalue weighted by Crippen LogP contribution is -2.38. The van der Waals surface area contributed by atoms with Crippen molar-refractivity contribution in [3.63, 3.8) is 0 Å². The van der Waals surface area contributed by atoms with Crippen LogP contribution in [0.15, 0.2) is 30.5 Å². The zero-order chi connectivity index (χ0) is 15.7. The maximum Gasteiger partial charge on any atom is 0.0695 e. The maximum atomic E-state index is 4.31. The van der Waals surface area contributed by atoms with E-state index in [0.29, 0.717) is 5.41 Å². The lowest BCUT2D eigenvalue weighted by Gasteiger charge is -2.33. The van der Waals surface area contributed by atoms with E-state index in [4.69, 9.17) is 0 Å². The van der Waals surface area contributed by atoms with Crippen LogP contribution >= 0.6 is 0 Å². The number of hydrogen-bond donors (Lipinski definition) is 2. The molecule has 2 N–H and O–H groups in total. The van der Waals surface area contributed by atoms with Crippen molar-refractivity contribution in [3.8, 4) is 11.3 Å². The van der Waals surface area contributed by atoms with Crippen molar-refractivity contribution in [2.24, 2.45) is 5.41 Å². The number of likely N-dealkylation sites (tertiary alicyclic amines) is 1. The van der Waals surface area contributed by atoms with Crippen molar-refractivity contribution in [2.45, 2.75) is 32.7 Å². The lowest BCUT2D eigenvalue weighted by molar-refractivity contribution is 0.194. The Morgan fingerprint density at radius 3 is 2.70 bits per heavy atom. The second kappa shape index (κ2) is 6.10. The summed E-state index contributed by atoms with van der Waals surface area (Å²) in [6, 6.07) is 8.70. The Morgan fingerprint density at radius 2 is 1.91 bits per heavy atom. The van der Waals surface area contributed by atoms with E-state index in [1.165, 1.54) is 67.8 Å². The van der Waals surface area contributed by atoms with Gasteiger partial charge in [-0.25, -0.2) is 0 Å². The molecule has 23 heavy (non-hydrogen) atoms. The van der Waals surface area contributed by atoms with E-state index in [9.17, 15) is 0 Å². The molecule has 0 amide bonds. The van der Waals surface area contributed by atoms with Crippen molar-refractivity contribution in [2.75, 3.05) is 26.2 Å². The van der Waals surface area contributed by atoms with Gasteiger partial charge in [-0.3, -0.25) is 10.00 Å². The van der Waals surface area contributed by atoms with E-state index < -0.39 is 0 Å². The molecule has 0 saturated carbocycles. The number of aryl methyl sites for hydroxylation is 1. The highest BCUT2D eigenvalue weighted by Crippen LogP contribution is 2.39. The molecule has 4 heteroatoms. The second-order valence-electron chi connectivity index (χ2n) is 7.35. The molecule has 0 atom stereocenters. The van der Waals surface area contributed by atoms with Crippen LogP contribution in [0, 0.1) is 12.3 Å². The number of nitrogens with one attached hydrogen (secondary N) is 2. The molecule has 1 spiro atoms. The summed E-state index contributed by atoms with van der Waals surface area (Å²) < 4.78 is 0. The number of aromatic amines is 1. The molecule has 0 bridgehead atoms. The van der Waals surface area contributed by atoms with Crippen LogP contribution in [0.3, 0.4) is 0 Å². The third kappa shape index (κ3) is 3.06. The Kier molecular flexibility index (Phi) is 3.95. The van der Waals surface area contributed by atoms with Gasteiger partial charge >= 0.3 is 0 Å². The quantitative estimate of drug-likeness (QED) is 0.916. The average molecular weight is 310 g/mol. The minimum atomic E-state index is 0.568. The molecule has 2 fully saturated rings. The Bertz CT molecular complexity index is 652. The summed E-state index contributed by atoms with van der Waals surface area (Å²) >= 11 is 0. The van der Waals surface area contributed by atoms with Gasteiger partial charge in [0.1, 0.15) is 0 Å². The smallest absolute Gasteiger partial charge is 0.0695 e. The van der Waals surface area contributed by atoms with E-state index in [2.05, 4.69) is 51.6 Å². The van der Waals surface area contributed by atoms with Crippen LogP contribution < -0.4 is 5.32 Å². The largest absolute Gasteiger partial charge is 0.317 e. The zero-order valence-electron chi connectivity index (χ0n) is 13.9. The third-order valence-electron chi connectivity index (χ3n) is 5.63. The fourth-order valence-corrected chi connectivity index (χ4v) is 4.17. The van der Waals surface area contributed by atoms with Crippen LogP contribution in [-0.2, 0) is 6.54 Å². The molecular weight excluding hydrogens is 284 g/mol. The SMILES string of the molecule is Cc1ccc(-c2[nH]ncc2CN2CCC3(CCNCC3)C2)cc1. The summed E-state index contributed by atoms with van der Waals surface area (Å²) in [5.41, 5.74) is 5.59. The number of H-pyrrole nitrogens is 1. The summed E-state index contributed by atoms with van der Waals surface area (Å²) in [6.45, 7) is 7.98. The van der Waals surface area contributed by atoms with Crippen LogP contribution in [0.4, 0.5) is 0 Å². The molecule has 0 aliphatic carbocycles. The van der Waals surface area contributed by atoms with Gasteiger partial charge in [0.25, 0.3) is 0 Å². The molecule has 1 aromatic carbocycles.